The van der Waals surface area contributed by atoms with Gasteiger partial charge in [-0.1, -0.05) is 32.9 Å². The van der Waals surface area contributed by atoms with Gasteiger partial charge in [-0.3, -0.25) is 0 Å². The van der Waals surface area contributed by atoms with Crippen LogP contribution in [0.5, 0.6) is 0 Å². The van der Waals surface area contributed by atoms with Gasteiger partial charge in [-0.25, -0.2) is 0 Å². The van der Waals surface area contributed by atoms with Crippen LogP contribution in [-0.4, -0.2) is 25.6 Å². The lowest BCUT2D eigenvalue weighted by atomic mass is 9.84. The third-order valence-corrected chi connectivity index (χ3v) is 9.10. The van der Waals surface area contributed by atoms with Crippen molar-refractivity contribution >= 4 is 8.32 Å². The third-order valence-electron chi connectivity index (χ3n) is 4.60. The molecule has 2 aliphatic carbocycles. The summed E-state index contributed by atoms with van der Waals surface area (Å²) in [6, 6.07) is 0. The van der Waals surface area contributed by atoms with E-state index in [0.717, 1.165) is 6.42 Å². The van der Waals surface area contributed by atoms with Crippen molar-refractivity contribution in [2.24, 2.45) is 11.8 Å². The molecule has 1 fully saturated rings. The van der Waals surface area contributed by atoms with Crippen molar-refractivity contribution in [2.75, 3.05) is 0 Å². The summed E-state index contributed by atoms with van der Waals surface area (Å²) in [4.78, 5) is 0. The van der Waals surface area contributed by atoms with Gasteiger partial charge in [0.05, 0.1) is 12.2 Å². The van der Waals surface area contributed by atoms with Crippen molar-refractivity contribution in [3.05, 3.63) is 12.2 Å². The van der Waals surface area contributed by atoms with E-state index in [9.17, 15) is 5.11 Å². The monoisotopic (exact) mass is 240 g/mol. The quantitative estimate of drug-likeness (QED) is 0.594. The minimum atomic E-state index is -1.68. The Labute approximate surface area is 99.8 Å². The summed E-state index contributed by atoms with van der Waals surface area (Å²) in [5, 5.41) is 10.1. The lowest BCUT2D eigenvalue weighted by molar-refractivity contribution is 0.132. The molecule has 3 heteroatoms. The molecule has 0 bridgehead atoms. The maximum absolute atomic E-state index is 9.87. The van der Waals surface area contributed by atoms with E-state index < -0.39 is 8.32 Å². The molecule has 2 unspecified atom stereocenters. The summed E-state index contributed by atoms with van der Waals surface area (Å²) in [6.07, 6.45) is 5.23. The van der Waals surface area contributed by atoms with Gasteiger partial charge in [0.1, 0.15) is 0 Å². The molecule has 0 aromatic heterocycles. The molecule has 4 atom stereocenters. The van der Waals surface area contributed by atoms with Crippen LogP contribution in [0.4, 0.5) is 0 Å². The Hall–Kier alpha value is -0.123. The number of aliphatic hydroxyl groups excluding tert-OH is 1. The van der Waals surface area contributed by atoms with E-state index in [0.29, 0.717) is 11.8 Å². The molecule has 0 spiro atoms. The molecule has 1 N–H and O–H groups in total. The second-order valence-electron chi connectivity index (χ2n) is 6.76. The zero-order chi connectivity index (χ0) is 12.1. The Kier molecular flexibility index (Phi) is 2.84. The van der Waals surface area contributed by atoms with Gasteiger partial charge in [0.25, 0.3) is 0 Å². The fourth-order valence-corrected chi connectivity index (χ4v) is 3.72. The van der Waals surface area contributed by atoms with Crippen LogP contribution in [0.1, 0.15) is 27.2 Å². The van der Waals surface area contributed by atoms with E-state index in [1.54, 1.807) is 0 Å². The van der Waals surface area contributed by atoms with E-state index in [2.05, 4.69) is 46.0 Å². The summed E-state index contributed by atoms with van der Waals surface area (Å²) >= 11 is 0. The molecule has 0 amide bonds. The highest BCUT2D eigenvalue weighted by atomic mass is 28.4. The molecule has 2 aliphatic rings. The van der Waals surface area contributed by atoms with Crippen molar-refractivity contribution in [1.82, 2.24) is 0 Å². The van der Waals surface area contributed by atoms with Crippen LogP contribution in [0.2, 0.25) is 18.1 Å². The fourth-order valence-electron chi connectivity index (χ4n) is 2.36. The smallest absolute Gasteiger partial charge is 0.192 e. The van der Waals surface area contributed by atoms with Gasteiger partial charge in [0.2, 0.25) is 0 Å². The largest absolute Gasteiger partial charge is 0.413 e. The van der Waals surface area contributed by atoms with Crippen LogP contribution in [0, 0.1) is 11.8 Å². The van der Waals surface area contributed by atoms with Crippen molar-refractivity contribution < 1.29 is 9.53 Å². The van der Waals surface area contributed by atoms with Crippen molar-refractivity contribution in [1.29, 1.82) is 0 Å². The highest BCUT2D eigenvalue weighted by Gasteiger charge is 2.48. The van der Waals surface area contributed by atoms with Crippen molar-refractivity contribution in [3.63, 3.8) is 0 Å². The van der Waals surface area contributed by atoms with Crippen LogP contribution >= 0.6 is 0 Å². The molecule has 0 radical (unpaired) electrons. The summed E-state index contributed by atoms with van der Waals surface area (Å²) in [7, 11) is -1.68. The Morgan fingerprint density at radius 2 is 1.75 bits per heavy atom. The van der Waals surface area contributed by atoms with Gasteiger partial charge >= 0.3 is 0 Å². The Bertz CT molecular complexity index is 304. The maximum atomic E-state index is 9.87. The molecule has 0 heterocycles. The highest BCUT2D eigenvalue weighted by molar-refractivity contribution is 6.74. The third kappa shape index (κ3) is 1.89. The molecular weight excluding hydrogens is 216 g/mol. The zero-order valence-corrected chi connectivity index (χ0v) is 12.0. The number of rotatable bonds is 2. The number of fused-ring (bicyclic) bond motifs is 1. The zero-order valence-electron chi connectivity index (χ0n) is 11.0. The second-order valence-corrected chi connectivity index (χ2v) is 11.5. The molecule has 0 saturated heterocycles. The molecule has 0 aromatic carbocycles. The van der Waals surface area contributed by atoms with Crippen LogP contribution in [-0.2, 0) is 4.43 Å². The van der Waals surface area contributed by atoms with Gasteiger partial charge < -0.3 is 9.53 Å². The van der Waals surface area contributed by atoms with E-state index in [1.807, 2.05) is 0 Å². The van der Waals surface area contributed by atoms with Gasteiger partial charge in [0.15, 0.2) is 8.32 Å². The average molecular weight is 240 g/mol. The molecule has 92 valence electrons. The first-order valence-electron chi connectivity index (χ1n) is 6.26. The molecule has 0 aliphatic heterocycles. The molecule has 1 saturated carbocycles. The standard InChI is InChI=1S/C13H24O2Si/c1-13(2,3)16(4,5)15-12-8-11(14)9-6-7-10(9)12/h6-7,9-12,14H,8H2,1-5H3/t9?,10?,11-,12+/m0/s1. The Balaban J connectivity index is 2.04. The fraction of sp³-hybridized carbons (Fsp3) is 0.846. The van der Waals surface area contributed by atoms with Crippen LogP contribution in [0.15, 0.2) is 12.2 Å². The molecular formula is C13H24O2Si. The summed E-state index contributed by atoms with van der Waals surface area (Å²) in [6.45, 7) is 11.4. The molecule has 2 nitrogen and oxygen atoms in total. The summed E-state index contributed by atoms with van der Waals surface area (Å²) < 4.78 is 6.40. The van der Waals surface area contributed by atoms with E-state index in [1.165, 1.54) is 0 Å². The second kappa shape index (κ2) is 3.69. The van der Waals surface area contributed by atoms with Gasteiger partial charge in [0, 0.05) is 11.8 Å². The number of hydrogen-bond acceptors (Lipinski definition) is 2. The van der Waals surface area contributed by atoms with E-state index >= 15 is 0 Å². The van der Waals surface area contributed by atoms with Gasteiger partial charge in [-0.05, 0) is 24.6 Å². The van der Waals surface area contributed by atoms with E-state index in [4.69, 9.17) is 4.43 Å². The number of hydrogen-bond donors (Lipinski definition) is 1. The van der Waals surface area contributed by atoms with Gasteiger partial charge in [-0.2, -0.15) is 0 Å². The highest BCUT2D eigenvalue weighted by Crippen LogP contribution is 2.46. The average Bonchev–Trinajstić information content (AvgIpc) is 2.15. The van der Waals surface area contributed by atoms with Crippen LogP contribution in [0.3, 0.4) is 0 Å². The minimum Gasteiger partial charge on any atom is -0.413 e. The summed E-state index contributed by atoms with van der Waals surface area (Å²) in [5.74, 6) is 0.846. The van der Waals surface area contributed by atoms with Crippen LogP contribution in [0.25, 0.3) is 0 Å². The predicted molar refractivity (Wildman–Crippen MR) is 68.8 cm³/mol. The normalized spacial score (nSPS) is 38.4. The Morgan fingerprint density at radius 3 is 2.12 bits per heavy atom. The number of aliphatic hydroxyl groups is 1. The van der Waals surface area contributed by atoms with Crippen molar-refractivity contribution in [3.8, 4) is 0 Å². The SMILES string of the molecule is CC(C)(C)[Si](C)(C)O[C@@H]1C[C@H](O)C2C=CC21. The van der Waals surface area contributed by atoms with Crippen molar-refractivity contribution in [2.45, 2.75) is 57.5 Å². The minimum absolute atomic E-state index is 0.176. The first-order valence-corrected chi connectivity index (χ1v) is 9.17. The molecule has 2 rings (SSSR count). The van der Waals surface area contributed by atoms with Crippen LogP contribution < -0.4 is 0 Å². The predicted octanol–water partition coefficient (Wildman–Crippen LogP) is 2.94. The molecule has 0 aromatic rings. The summed E-state index contributed by atoms with van der Waals surface area (Å²) in [5.41, 5.74) is 0. The first-order chi connectivity index (χ1) is 7.22. The Morgan fingerprint density at radius 1 is 1.19 bits per heavy atom. The maximum Gasteiger partial charge on any atom is 0.192 e. The van der Waals surface area contributed by atoms with E-state index in [-0.39, 0.29) is 17.2 Å². The molecule has 16 heavy (non-hydrogen) atoms. The lowest BCUT2D eigenvalue weighted by Crippen LogP contribution is -2.45. The first kappa shape index (κ1) is 12.3. The van der Waals surface area contributed by atoms with Gasteiger partial charge in [-0.15, -0.1) is 0 Å². The topological polar surface area (TPSA) is 29.5 Å². The lowest BCUT2D eigenvalue weighted by Gasteiger charge is -2.40.